The summed E-state index contributed by atoms with van der Waals surface area (Å²) in [6.45, 7) is 5.05. The number of esters is 1. The van der Waals surface area contributed by atoms with Gasteiger partial charge in [-0.3, -0.25) is 4.79 Å². The lowest BCUT2D eigenvalue weighted by Gasteiger charge is -2.36. The fraction of sp³-hybridized carbons (Fsp3) is 0.480. The van der Waals surface area contributed by atoms with E-state index in [0.29, 0.717) is 34.5 Å². The summed E-state index contributed by atoms with van der Waals surface area (Å²) in [6, 6.07) is 5.00. The normalized spacial score (nSPS) is 21.3. The molecule has 0 radical (unpaired) electrons. The predicted octanol–water partition coefficient (Wildman–Crippen LogP) is 3.53. The minimum Gasteiger partial charge on any atom is -0.493 e. The Morgan fingerprint density at radius 2 is 2.06 bits per heavy atom. The van der Waals surface area contributed by atoms with Crippen molar-refractivity contribution in [2.24, 2.45) is 4.99 Å². The van der Waals surface area contributed by atoms with Crippen LogP contribution in [-0.2, 0) is 19.1 Å². The maximum atomic E-state index is 13.1. The van der Waals surface area contributed by atoms with E-state index >= 15 is 0 Å². The third-order valence-electron chi connectivity index (χ3n) is 6.11. The average Bonchev–Trinajstić information content (AvgIpc) is 3.51. The molecule has 0 saturated carbocycles. The maximum Gasteiger partial charge on any atom is 0.338 e. The van der Waals surface area contributed by atoms with Gasteiger partial charge in [-0.2, -0.15) is 0 Å². The molecule has 4 rings (SSSR count). The molecule has 9 nitrogen and oxygen atoms in total. The molecule has 3 aliphatic heterocycles. The molecule has 2 atom stereocenters. The summed E-state index contributed by atoms with van der Waals surface area (Å²) in [7, 11) is 3.14. The van der Waals surface area contributed by atoms with Gasteiger partial charge in [0.05, 0.1) is 50.7 Å². The SMILES string of the molecule is CCOC(=O)C1=C(C)N=C2SC=C(CC(=O)NC[C@@H]3CCCO3)N2[C@@H]1c1ccc(OC)c(OC)c1. The van der Waals surface area contributed by atoms with Crippen molar-refractivity contribution in [3.8, 4) is 11.5 Å². The van der Waals surface area contributed by atoms with Crippen molar-refractivity contribution in [3.63, 3.8) is 0 Å². The van der Waals surface area contributed by atoms with Crippen LogP contribution < -0.4 is 14.8 Å². The largest absolute Gasteiger partial charge is 0.493 e. The van der Waals surface area contributed by atoms with Gasteiger partial charge in [0.15, 0.2) is 16.7 Å². The minimum atomic E-state index is -0.534. The number of nitrogens with one attached hydrogen (secondary N) is 1. The fourth-order valence-corrected chi connectivity index (χ4v) is 5.40. The third kappa shape index (κ3) is 5.33. The summed E-state index contributed by atoms with van der Waals surface area (Å²) in [5.41, 5.74) is 2.56. The Morgan fingerprint density at radius 1 is 1.26 bits per heavy atom. The molecule has 1 amide bonds. The number of nitrogens with zero attached hydrogens (tertiary/aromatic N) is 2. The van der Waals surface area contributed by atoms with Gasteiger partial charge in [-0.05, 0) is 49.8 Å². The third-order valence-corrected chi connectivity index (χ3v) is 7.00. The first-order valence-electron chi connectivity index (χ1n) is 11.7. The number of carbonyl (C=O) groups excluding carboxylic acids is 2. The Balaban J connectivity index is 1.65. The van der Waals surface area contributed by atoms with E-state index in [4.69, 9.17) is 18.9 Å². The van der Waals surface area contributed by atoms with Crippen LogP contribution in [0.2, 0.25) is 0 Å². The van der Waals surface area contributed by atoms with Gasteiger partial charge in [-0.25, -0.2) is 9.79 Å². The Labute approximate surface area is 209 Å². The number of hydrogen-bond acceptors (Lipinski definition) is 9. The number of amidine groups is 1. The highest BCUT2D eigenvalue weighted by Gasteiger charge is 2.41. The van der Waals surface area contributed by atoms with Gasteiger partial charge in [0, 0.05) is 18.8 Å². The van der Waals surface area contributed by atoms with Crippen LogP contribution in [0.25, 0.3) is 0 Å². The van der Waals surface area contributed by atoms with Crippen molar-refractivity contribution in [1.82, 2.24) is 10.2 Å². The molecule has 1 aromatic rings. The fourth-order valence-electron chi connectivity index (χ4n) is 4.44. The monoisotopic (exact) mass is 501 g/mol. The molecule has 0 bridgehead atoms. The van der Waals surface area contributed by atoms with Gasteiger partial charge in [0.25, 0.3) is 0 Å². The Hall–Kier alpha value is -2.98. The van der Waals surface area contributed by atoms with Gasteiger partial charge < -0.3 is 29.2 Å². The summed E-state index contributed by atoms with van der Waals surface area (Å²) >= 11 is 1.43. The number of ether oxygens (including phenoxy) is 4. The van der Waals surface area contributed by atoms with Crippen LogP contribution in [0.5, 0.6) is 11.5 Å². The summed E-state index contributed by atoms with van der Waals surface area (Å²) < 4.78 is 21.9. The molecule has 3 aliphatic rings. The highest BCUT2D eigenvalue weighted by Crippen LogP contribution is 2.46. The molecule has 1 fully saturated rings. The van der Waals surface area contributed by atoms with E-state index in [1.807, 2.05) is 22.4 Å². The van der Waals surface area contributed by atoms with Gasteiger partial charge in [-0.1, -0.05) is 17.8 Å². The van der Waals surface area contributed by atoms with E-state index in [1.165, 1.54) is 11.8 Å². The highest BCUT2D eigenvalue weighted by atomic mass is 32.2. The quantitative estimate of drug-likeness (QED) is 0.513. The molecule has 35 heavy (non-hydrogen) atoms. The van der Waals surface area contributed by atoms with Crippen molar-refractivity contribution in [2.75, 3.05) is 34.0 Å². The number of carbonyl (C=O) groups is 2. The molecule has 3 heterocycles. The lowest BCUT2D eigenvalue weighted by molar-refractivity contribution is -0.139. The number of allylic oxidation sites excluding steroid dienone is 1. The zero-order chi connectivity index (χ0) is 24.9. The molecule has 0 unspecified atom stereocenters. The molecular weight excluding hydrogens is 470 g/mol. The number of benzene rings is 1. The van der Waals surface area contributed by atoms with Crippen molar-refractivity contribution < 1.29 is 28.5 Å². The lowest BCUT2D eigenvalue weighted by atomic mass is 9.93. The molecular formula is C25H31N3O6S. The summed E-state index contributed by atoms with van der Waals surface area (Å²) in [5.74, 6) is 0.580. The first-order chi connectivity index (χ1) is 17.0. The first-order valence-corrected chi connectivity index (χ1v) is 12.6. The van der Waals surface area contributed by atoms with Crippen LogP contribution in [0.4, 0.5) is 0 Å². The number of methoxy groups -OCH3 is 2. The van der Waals surface area contributed by atoms with E-state index in [-0.39, 0.29) is 25.0 Å². The Kier molecular flexibility index (Phi) is 8.02. The molecule has 0 spiro atoms. The van der Waals surface area contributed by atoms with E-state index < -0.39 is 12.0 Å². The van der Waals surface area contributed by atoms with Crippen LogP contribution in [0.3, 0.4) is 0 Å². The maximum absolute atomic E-state index is 13.1. The van der Waals surface area contributed by atoms with Crippen LogP contribution in [0, 0.1) is 0 Å². The van der Waals surface area contributed by atoms with Gasteiger partial charge in [0.1, 0.15) is 0 Å². The Bertz CT molecular complexity index is 1080. The van der Waals surface area contributed by atoms with E-state index in [9.17, 15) is 9.59 Å². The van der Waals surface area contributed by atoms with Crippen molar-refractivity contribution in [2.45, 2.75) is 45.3 Å². The van der Waals surface area contributed by atoms with Crippen LogP contribution in [0.1, 0.15) is 44.7 Å². The summed E-state index contributed by atoms with van der Waals surface area (Å²) in [6.07, 6.45) is 2.19. The number of aliphatic imine (C=N–C) groups is 1. The topological polar surface area (TPSA) is 98.7 Å². The zero-order valence-electron chi connectivity index (χ0n) is 20.5. The first kappa shape index (κ1) is 25.1. The lowest BCUT2D eigenvalue weighted by Crippen LogP contribution is -2.38. The smallest absolute Gasteiger partial charge is 0.338 e. The van der Waals surface area contributed by atoms with Crippen LogP contribution in [-0.4, -0.2) is 62.0 Å². The number of hydrogen-bond donors (Lipinski definition) is 1. The number of rotatable bonds is 9. The molecule has 1 aromatic carbocycles. The van der Waals surface area contributed by atoms with Crippen LogP contribution >= 0.6 is 11.8 Å². The standard InChI is InChI=1S/C25H31N3O6S/c1-5-33-24(30)22-15(2)27-25-28(23(22)16-8-9-19(31-3)20(11-16)32-4)17(14-35-25)12-21(29)26-13-18-7-6-10-34-18/h8-9,11,14,18,23H,5-7,10,12-13H2,1-4H3,(H,26,29)/t18-,23+/m0/s1. The summed E-state index contributed by atoms with van der Waals surface area (Å²) in [4.78, 5) is 32.5. The van der Waals surface area contributed by atoms with Crippen molar-refractivity contribution >= 4 is 28.8 Å². The van der Waals surface area contributed by atoms with E-state index in [2.05, 4.69) is 10.3 Å². The molecule has 0 aromatic heterocycles. The Morgan fingerprint density at radius 3 is 2.74 bits per heavy atom. The second kappa shape index (κ2) is 11.2. The van der Waals surface area contributed by atoms with Gasteiger partial charge in [-0.15, -0.1) is 0 Å². The van der Waals surface area contributed by atoms with E-state index in [1.54, 1.807) is 34.1 Å². The molecule has 1 saturated heterocycles. The predicted molar refractivity (Wildman–Crippen MR) is 133 cm³/mol. The average molecular weight is 502 g/mol. The highest BCUT2D eigenvalue weighted by molar-refractivity contribution is 8.16. The molecule has 10 heteroatoms. The number of fused-ring (bicyclic) bond motifs is 1. The second-order valence-electron chi connectivity index (χ2n) is 8.34. The molecule has 188 valence electrons. The minimum absolute atomic E-state index is 0.0681. The second-order valence-corrected chi connectivity index (χ2v) is 9.18. The molecule has 0 aliphatic carbocycles. The van der Waals surface area contributed by atoms with Crippen molar-refractivity contribution in [3.05, 3.63) is 46.1 Å². The number of thioether (sulfide) groups is 1. The van der Waals surface area contributed by atoms with Gasteiger partial charge >= 0.3 is 5.97 Å². The van der Waals surface area contributed by atoms with Gasteiger partial charge in [0.2, 0.25) is 5.91 Å². The van der Waals surface area contributed by atoms with E-state index in [0.717, 1.165) is 30.7 Å². The van der Waals surface area contributed by atoms with Crippen LogP contribution in [0.15, 0.2) is 45.6 Å². The summed E-state index contributed by atoms with van der Waals surface area (Å²) in [5, 5.41) is 5.60. The zero-order valence-corrected chi connectivity index (χ0v) is 21.3. The number of amides is 1. The molecule has 1 N–H and O–H groups in total. The van der Waals surface area contributed by atoms with Crippen molar-refractivity contribution in [1.29, 1.82) is 0 Å².